The molecular formula is C21H24. The van der Waals surface area contributed by atoms with Gasteiger partial charge >= 0.3 is 0 Å². The lowest BCUT2D eigenvalue weighted by Crippen LogP contribution is -1.91. The van der Waals surface area contributed by atoms with Crippen LogP contribution in [0.2, 0.25) is 0 Å². The van der Waals surface area contributed by atoms with Crippen LogP contribution in [0.1, 0.15) is 48.4 Å². The quantitative estimate of drug-likeness (QED) is 0.633. The Morgan fingerprint density at radius 2 is 1.71 bits per heavy atom. The highest BCUT2D eigenvalue weighted by Gasteiger charge is 2.17. The lowest BCUT2D eigenvalue weighted by Gasteiger charge is -2.12. The number of aryl methyl sites for hydroxylation is 1. The molecule has 0 unspecified atom stereocenters. The van der Waals surface area contributed by atoms with Crippen molar-refractivity contribution in [2.45, 2.75) is 46.5 Å². The van der Waals surface area contributed by atoms with Gasteiger partial charge in [-0.2, -0.15) is 0 Å². The van der Waals surface area contributed by atoms with E-state index in [1.54, 1.807) is 5.57 Å². The molecule has 0 spiro atoms. The minimum Gasteiger partial charge on any atom is -0.0654 e. The van der Waals surface area contributed by atoms with Crippen LogP contribution in [0.4, 0.5) is 0 Å². The Bertz CT molecular complexity index is 689. The van der Waals surface area contributed by atoms with Gasteiger partial charge in [-0.15, -0.1) is 0 Å². The van der Waals surface area contributed by atoms with Crippen LogP contribution < -0.4 is 0 Å². The third-order valence-electron chi connectivity index (χ3n) is 4.71. The van der Waals surface area contributed by atoms with Gasteiger partial charge in [0.05, 0.1) is 0 Å². The first-order valence-corrected chi connectivity index (χ1v) is 8.08. The average Bonchev–Trinajstić information content (AvgIpc) is 2.91. The van der Waals surface area contributed by atoms with E-state index in [9.17, 15) is 0 Å². The number of benzene rings is 2. The van der Waals surface area contributed by atoms with E-state index in [0.29, 0.717) is 0 Å². The summed E-state index contributed by atoms with van der Waals surface area (Å²) < 4.78 is 0. The summed E-state index contributed by atoms with van der Waals surface area (Å²) in [6.45, 7) is 6.70. The van der Waals surface area contributed by atoms with Gasteiger partial charge in [-0.3, -0.25) is 0 Å². The highest BCUT2D eigenvalue weighted by Crippen LogP contribution is 2.37. The van der Waals surface area contributed by atoms with Gasteiger partial charge in [-0.25, -0.2) is 0 Å². The summed E-state index contributed by atoms with van der Waals surface area (Å²) >= 11 is 0. The Kier molecular flexibility index (Phi) is 3.96. The lowest BCUT2D eigenvalue weighted by atomic mass is 9.92. The first-order valence-electron chi connectivity index (χ1n) is 8.08. The molecule has 2 aromatic carbocycles. The van der Waals surface area contributed by atoms with Crippen molar-refractivity contribution >= 4 is 6.08 Å². The molecule has 0 heterocycles. The summed E-state index contributed by atoms with van der Waals surface area (Å²) in [4.78, 5) is 0. The summed E-state index contributed by atoms with van der Waals surface area (Å²) in [7, 11) is 0. The Hall–Kier alpha value is -1.82. The van der Waals surface area contributed by atoms with Gasteiger partial charge in [0.2, 0.25) is 0 Å². The zero-order valence-electron chi connectivity index (χ0n) is 13.4. The molecule has 21 heavy (non-hydrogen) atoms. The zero-order valence-corrected chi connectivity index (χ0v) is 13.4. The van der Waals surface area contributed by atoms with E-state index >= 15 is 0 Å². The highest BCUT2D eigenvalue weighted by atomic mass is 14.2. The fourth-order valence-electron chi connectivity index (χ4n) is 3.28. The van der Waals surface area contributed by atoms with Crippen molar-refractivity contribution in [3.05, 3.63) is 64.2 Å². The largest absolute Gasteiger partial charge is 0.0654 e. The SMILES string of the molecule is CCCCC1=Cc2c(cccc2-c2cccc(C)c2C)C1. The molecule has 0 saturated heterocycles. The normalized spacial score (nSPS) is 13.2. The first kappa shape index (κ1) is 14.1. The summed E-state index contributed by atoms with van der Waals surface area (Å²) in [5, 5.41) is 0. The van der Waals surface area contributed by atoms with Crippen molar-refractivity contribution in [1.29, 1.82) is 0 Å². The minimum absolute atomic E-state index is 1.15. The van der Waals surface area contributed by atoms with Crippen molar-refractivity contribution in [3.63, 3.8) is 0 Å². The van der Waals surface area contributed by atoms with E-state index in [0.717, 1.165) is 6.42 Å². The molecule has 0 amide bonds. The second-order valence-electron chi connectivity index (χ2n) is 6.21. The van der Waals surface area contributed by atoms with E-state index in [1.807, 2.05) is 0 Å². The van der Waals surface area contributed by atoms with E-state index in [2.05, 4.69) is 63.2 Å². The van der Waals surface area contributed by atoms with Gasteiger partial charge in [0.1, 0.15) is 0 Å². The Labute approximate surface area is 128 Å². The van der Waals surface area contributed by atoms with Crippen LogP contribution in [0.25, 0.3) is 17.2 Å². The van der Waals surface area contributed by atoms with Gasteiger partial charge < -0.3 is 0 Å². The topological polar surface area (TPSA) is 0 Å². The van der Waals surface area contributed by atoms with Crippen LogP contribution in [0.3, 0.4) is 0 Å². The molecule has 3 rings (SSSR count). The maximum atomic E-state index is 2.45. The zero-order chi connectivity index (χ0) is 14.8. The maximum Gasteiger partial charge on any atom is -0.00576 e. The smallest absolute Gasteiger partial charge is 0.00576 e. The molecule has 0 heteroatoms. The van der Waals surface area contributed by atoms with Crippen molar-refractivity contribution in [2.24, 2.45) is 0 Å². The standard InChI is InChI=1S/C21H24/c1-4-5-9-17-13-18-10-7-12-20(21(18)14-17)19-11-6-8-15(2)16(19)3/h6-8,10-12,14H,4-5,9,13H2,1-3H3. The molecular weight excluding hydrogens is 252 g/mol. The van der Waals surface area contributed by atoms with Crippen molar-refractivity contribution in [3.8, 4) is 11.1 Å². The lowest BCUT2D eigenvalue weighted by molar-refractivity contribution is 0.779. The second kappa shape index (κ2) is 5.89. The number of rotatable bonds is 4. The van der Waals surface area contributed by atoms with E-state index in [1.165, 1.54) is 52.6 Å². The molecule has 2 aromatic rings. The van der Waals surface area contributed by atoms with Crippen LogP contribution in [0, 0.1) is 13.8 Å². The van der Waals surface area contributed by atoms with Crippen LogP contribution in [0.5, 0.6) is 0 Å². The van der Waals surface area contributed by atoms with Gasteiger partial charge in [0.25, 0.3) is 0 Å². The van der Waals surface area contributed by atoms with Crippen LogP contribution in [0.15, 0.2) is 42.0 Å². The molecule has 0 saturated carbocycles. The number of hydrogen-bond donors (Lipinski definition) is 0. The monoisotopic (exact) mass is 276 g/mol. The Balaban J connectivity index is 2.05. The van der Waals surface area contributed by atoms with Crippen LogP contribution in [-0.2, 0) is 6.42 Å². The fourth-order valence-corrected chi connectivity index (χ4v) is 3.28. The van der Waals surface area contributed by atoms with Gasteiger partial charge in [0, 0.05) is 0 Å². The number of unbranched alkanes of at least 4 members (excludes halogenated alkanes) is 1. The predicted octanol–water partition coefficient (Wildman–Crippen LogP) is 6.10. The Morgan fingerprint density at radius 1 is 0.952 bits per heavy atom. The molecule has 1 aliphatic carbocycles. The van der Waals surface area contributed by atoms with Crippen LogP contribution in [-0.4, -0.2) is 0 Å². The Morgan fingerprint density at radius 3 is 2.52 bits per heavy atom. The molecule has 0 nitrogen and oxygen atoms in total. The molecule has 0 N–H and O–H groups in total. The van der Waals surface area contributed by atoms with E-state index in [4.69, 9.17) is 0 Å². The number of hydrogen-bond acceptors (Lipinski definition) is 0. The van der Waals surface area contributed by atoms with Crippen molar-refractivity contribution in [1.82, 2.24) is 0 Å². The summed E-state index contributed by atoms with van der Waals surface area (Å²) in [5.41, 5.74) is 10.1. The third kappa shape index (κ3) is 2.68. The van der Waals surface area contributed by atoms with Crippen LogP contribution >= 0.6 is 0 Å². The third-order valence-corrected chi connectivity index (χ3v) is 4.71. The first-order chi connectivity index (χ1) is 10.2. The summed E-state index contributed by atoms with van der Waals surface area (Å²) in [6.07, 6.45) is 7.42. The molecule has 0 fully saturated rings. The number of allylic oxidation sites excluding steroid dienone is 1. The van der Waals surface area contributed by atoms with E-state index < -0.39 is 0 Å². The molecule has 0 aromatic heterocycles. The summed E-state index contributed by atoms with van der Waals surface area (Å²) in [6, 6.07) is 13.4. The predicted molar refractivity (Wildman–Crippen MR) is 92.6 cm³/mol. The highest BCUT2D eigenvalue weighted by molar-refractivity contribution is 5.82. The molecule has 0 bridgehead atoms. The average molecular weight is 276 g/mol. The van der Waals surface area contributed by atoms with Gasteiger partial charge in [-0.05, 0) is 66.5 Å². The molecule has 1 aliphatic rings. The maximum absolute atomic E-state index is 2.45. The van der Waals surface area contributed by atoms with Crippen molar-refractivity contribution < 1.29 is 0 Å². The molecule has 108 valence electrons. The second-order valence-corrected chi connectivity index (χ2v) is 6.21. The minimum atomic E-state index is 1.15. The van der Waals surface area contributed by atoms with Gasteiger partial charge in [-0.1, -0.05) is 61.4 Å². The number of fused-ring (bicyclic) bond motifs is 1. The molecule has 0 aliphatic heterocycles. The van der Waals surface area contributed by atoms with Crippen molar-refractivity contribution in [2.75, 3.05) is 0 Å². The van der Waals surface area contributed by atoms with Gasteiger partial charge in [0.15, 0.2) is 0 Å². The molecule has 0 radical (unpaired) electrons. The van der Waals surface area contributed by atoms with E-state index in [-0.39, 0.29) is 0 Å². The summed E-state index contributed by atoms with van der Waals surface area (Å²) in [5.74, 6) is 0. The fraction of sp³-hybridized carbons (Fsp3) is 0.333. The molecule has 0 atom stereocenters.